The molecule has 2 aliphatic rings. The molecule has 0 aliphatic carbocycles. The van der Waals surface area contributed by atoms with Gasteiger partial charge in [-0.2, -0.15) is 0 Å². The van der Waals surface area contributed by atoms with Crippen molar-refractivity contribution in [3.8, 4) is 5.75 Å². The van der Waals surface area contributed by atoms with Crippen LogP contribution in [0.15, 0.2) is 60.7 Å². The fourth-order valence-corrected chi connectivity index (χ4v) is 4.74. The van der Waals surface area contributed by atoms with E-state index in [1.165, 1.54) is 29.7 Å². The van der Waals surface area contributed by atoms with Crippen LogP contribution in [-0.2, 0) is 9.59 Å². The van der Waals surface area contributed by atoms with Gasteiger partial charge >= 0.3 is 0 Å². The number of rotatable bonds is 11. The minimum absolute atomic E-state index is 0.111. The van der Waals surface area contributed by atoms with E-state index in [2.05, 4.69) is 41.0 Å². The molecule has 0 radical (unpaired) electrons. The summed E-state index contributed by atoms with van der Waals surface area (Å²) >= 11 is 0. The largest absolute Gasteiger partial charge is 0.494 e. The van der Waals surface area contributed by atoms with Crippen molar-refractivity contribution in [3.63, 3.8) is 0 Å². The molecule has 1 atom stereocenters. The molecule has 0 unspecified atom stereocenters. The van der Waals surface area contributed by atoms with E-state index in [0.29, 0.717) is 12.3 Å². The van der Waals surface area contributed by atoms with E-state index in [-0.39, 0.29) is 24.3 Å². The Morgan fingerprint density at radius 2 is 1.66 bits per heavy atom. The number of carbonyl (C=O) groups is 2. The molecule has 2 amide bonds. The van der Waals surface area contributed by atoms with Gasteiger partial charge in [0, 0.05) is 32.7 Å². The highest BCUT2D eigenvalue weighted by Gasteiger charge is 2.43. The molecular formula is C29H37N3O3. The van der Waals surface area contributed by atoms with Crippen LogP contribution in [0.25, 0.3) is 6.08 Å². The fraction of sp³-hybridized carbons (Fsp3) is 0.448. The second-order valence-electron chi connectivity index (χ2n) is 9.34. The van der Waals surface area contributed by atoms with Gasteiger partial charge in [0.25, 0.3) is 5.91 Å². The summed E-state index contributed by atoms with van der Waals surface area (Å²) in [5, 5.41) is 0. The Kier molecular flexibility index (Phi) is 9.09. The maximum Gasteiger partial charge on any atom is 0.251 e. The van der Waals surface area contributed by atoms with E-state index in [1.807, 2.05) is 42.5 Å². The zero-order valence-corrected chi connectivity index (χ0v) is 20.8. The molecule has 6 heteroatoms. The van der Waals surface area contributed by atoms with Crippen LogP contribution < -0.4 is 9.64 Å². The van der Waals surface area contributed by atoms with Crippen LogP contribution >= 0.6 is 0 Å². The first kappa shape index (κ1) is 25.1. The second kappa shape index (κ2) is 12.7. The second-order valence-corrected chi connectivity index (χ2v) is 9.34. The number of amides is 2. The zero-order valence-electron chi connectivity index (χ0n) is 20.8. The molecule has 0 aromatic heterocycles. The lowest BCUT2D eigenvalue weighted by Gasteiger charge is -2.36. The fourth-order valence-electron chi connectivity index (χ4n) is 4.74. The summed E-state index contributed by atoms with van der Waals surface area (Å²) < 4.78 is 5.80. The molecule has 0 spiro atoms. The zero-order chi connectivity index (χ0) is 24.5. The lowest BCUT2D eigenvalue weighted by molar-refractivity contribution is -0.123. The van der Waals surface area contributed by atoms with Crippen LogP contribution in [0.3, 0.4) is 0 Å². The minimum Gasteiger partial charge on any atom is -0.494 e. The van der Waals surface area contributed by atoms with Gasteiger partial charge < -0.3 is 4.74 Å². The highest BCUT2D eigenvalue weighted by molar-refractivity contribution is 6.22. The summed E-state index contributed by atoms with van der Waals surface area (Å²) in [4.78, 5) is 31.9. The number of unbranched alkanes of at least 4 members (excludes halogenated alkanes) is 3. The topological polar surface area (TPSA) is 53.1 Å². The van der Waals surface area contributed by atoms with Crippen molar-refractivity contribution in [3.05, 3.63) is 66.2 Å². The predicted molar refractivity (Wildman–Crippen MR) is 140 cm³/mol. The number of carbonyl (C=O) groups excluding carboxylic acids is 2. The van der Waals surface area contributed by atoms with Crippen molar-refractivity contribution in [2.75, 3.05) is 44.2 Å². The Hall–Kier alpha value is -2.96. The predicted octanol–water partition coefficient (Wildman–Crippen LogP) is 4.61. The molecule has 2 heterocycles. The number of nitrogens with zero attached hydrogens (tertiary/aromatic N) is 3. The van der Waals surface area contributed by atoms with Gasteiger partial charge in [-0.25, -0.2) is 4.90 Å². The number of benzene rings is 2. The van der Waals surface area contributed by atoms with Gasteiger partial charge in [-0.05, 0) is 36.2 Å². The quantitative estimate of drug-likeness (QED) is 0.351. The van der Waals surface area contributed by atoms with Crippen LogP contribution in [0.2, 0.25) is 0 Å². The molecule has 2 fully saturated rings. The minimum atomic E-state index is -0.362. The summed E-state index contributed by atoms with van der Waals surface area (Å²) in [7, 11) is 0. The van der Waals surface area contributed by atoms with Crippen molar-refractivity contribution in [1.29, 1.82) is 0 Å². The third-order valence-electron chi connectivity index (χ3n) is 6.81. The van der Waals surface area contributed by atoms with Crippen LogP contribution in [-0.4, -0.2) is 67.0 Å². The average molecular weight is 476 g/mol. The Balaban J connectivity index is 1.25. The van der Waals surface area contributed by atoms with Crippen LogP contribution in [0.1, 0.15) is 44.6 Å². The molecule has 6 nitrogen and oxygen atoms in total. The van der Waals surface area contributed by atoms with Gasteiger partial charge in [-0.15, -0.1) is 0 Å². The van der Waals surface area contributed by atoms with Gasteiger partial charge in [-0.1, -0.05) is 68.7 Å². The maximum absolute atomic E-state index is 13.2. The molecular weight excluding hydrogens is 438 g/mol. The van der Waals surface area contributed by atoms with Crippen LogP contribution in [0, 0.1) is 0 Å². The number of hydrogen-bond acceptors (Lipinski definition) is 5. The Bertz CT molecular complexity index is 982. The first-order valence-electron chi connectivity index (χ1n) is 12.9. The molecule has 0 saturated carbocycles. The van der Waals surface area contributed by atoms with Gasteiger partial charge in [-0.3, -0.25) is 19.4 Å². The number of ether oxygens (including phenoxy) is 1. The third kappa shape index (κ3) is 6.80. The molecule has 0 N–H and O–H groups in total. The monoisotopic (exact) mass is 475 g/mol. The smallest absolute Gasteiger partial charge is 0.251 e. The molecule has 0 bridgehead atoms. The molecule has 186 valence electrons. The lowest BCUT2D eigenvalue weighted by atomic mass is 10.1. The highest BCUT2D eigenvalue weighted by atomic mass is 16.5. The van der Waals surface area contributed by atoms with E-state index in [0.717, 1.165) is 44.9 Å². The van der Waals surface area contributed by atoms with Crippen molar-refractivity contribution < 1.29 is 14.3 Å². The number of hydrogen-bond donors (Lipinski definition) is 0. The van der Waals surface area contributed by atoms with Gasteiger partial charge in [0.1, 0.15) is 5.75 Å². The van der Waals surface area contributed by atoms with Gasteiger partial charge in [0.05, 0.1) is 24.8 Å². The Morgan fingerprint density at radius 1 is 0.914 bits per heavy atom. The number of piperazine rings is 1. The SMILES string of the molecule is CCCCCCOc1ccc(N2C(=O)C[C@@H](N3CCN(C/C=C\c4ccccc4)CC3)C2=O)cc1. The molecule has 2 saturated heterocycles. The van der Waals surface area contributed by atoms with E-state index in [9.17, 15) is 9.59 Å². The van der Waals surface area contributed by atoms with E-state index in [1.54, 1.807) is 0 Å². The molecule has 2 aliphatic heterocycles. The summed E-state index contributed by atoms with van der Waals surface area (Å²) in [6.45, 7) is 7.14. The molecule has 4 rings (SSSR count). The lowest BCUT2D eigenvalue weighted by Crippen LogP contribution is -2.52. The average Bonchev–Trinajstić information content (AvgIpc) is 3.19. The van der Waals surface area contributed by atoms with Crippen molar-refractivity contribution in [2.45, 2.75) is 45.1 Å². The summed E-state index contributed by atoms with van der Waals surface area (Å²) in [5.74, 6) is 0.542. The van der Waals surface area contributed by atoms with E-state index in [4.69, 9.17) is 4.74 Å². The third-order valence-corrected chi connectivity index (χ3v) is 6.81. The standard InChI is InChI=1S/C29H37N3O3/c1-2-3-4-8-22-35-26-15-13-25(14-16-26)32-28(33)23-27(29(32)34)31-20-18-30(19-21-31)17-9-12-24-10-6-5-7-11-24/h5-7,9-16,27H,2-4,8,17-23H2,1H3/b12-9-/t27-/m1/s1. The van der Waals surface area contributed by atoms with Gasteiger partial charge in [0.2, 0.25) is 5.91 Å². The number of anilines is 1. The first-order valence-corrected chi connectivity index (χ1v) is 12.9. The maximum atomic E-state index is 13.2. The van der Waals surface area contributed by atoms with Crippen LogP contribution in [0.4, 0.5) is 5.69 Å². The summed E-state index contributed by atoms with van der Waals surface area (Å²) in [6, 6.07) is 17.3. The molecule has 2 aromatic rings. The summed E-state index contributed by atoms with van der Waals surface area (Å²) in [6.07, 6.45) is 9.23. The van der Waals surface area contributed by atoms with Crippen LogP contribution in [0.5, 0.6) is 5.75 Å². The number of imide groups is 1. The first-order chi connectivity index (χ1) is 17.2. The van der Waals surface area contributed by atoms with Crippen molar-refractivity contribution in [1.82, 2.24) is 9.80 Å². The van der Waals surface area contributed by atoms with E-state index < -0.39 is 0 Å². The normalized spacial score (nSPS) is 19.7. The van der Waals surface area contributed by atoms with E-state index >= 15 is 0 Å². The Labute approximate surface area is 209 Å². The summed E-state index contributed by atoms with van der Waals surface area (Å²) in [5.41, 5.74) is 1.83. The Morgan fingerprint density at radius 3 is 2.37 bits per heavy atom. The highest BCUT2D eigenvalue weighted by Crippen LogP contribution is 2.28. The van der Waals surface area contributed by atoms with Crippen molar-refractivity contribution in [2.24, 2.45) is 0 Å². The van der Waals surface area contributed by atoms with Crippen molar-refractivity contribution >= 4 is 23.6 Å². The molecule has 2 aromatic carbocycles. The molecule has 35 heavy (non-hydrogen) atoms. The van der Waals surface area contributed by atoms with Gasteiger partial charge in [0.15, 0.2) is 0 Å².